The molecular formula is C29H31N7O. The summed E-state index contributed by atoms with van der Waals surface area (Å²) in [5, 5.41) is 13.6. The Morgan fingerprint density at radius 3 is 2.70 bits per heavy atom. The molecule has 0 saturated carbocycles. The van der Waals surface area contributed by atoms with E-state index in [0.29, 0.717) is 35.1 Å². The average molecular weight is 494 g/mol. The first-order chi connectivity index (χ1) is 17.9. The lowest BCUT2D eigenvalue weighted by Crippen LogP contribution is -2.33. The van der Waals surface area contributed by atoms with E-state index in [2.05, 4.69) is 51.4 Å². The number of piperidine rings is 1. The lowest BCUT2D eigenvalue weighted by atomic mass is 9.86. The molecule has 1 aliphatic heterocycles. The fraction of sp³-hybridized carbons (Fsp3) is 0.310. The van der Waals surface area contributed by atoms with Crippen LogP contribution in [0.3, 0.4) is 0 Å². The standard InChI is InChI=1S/C29H31N7O/c1-18-15-23(4-5-24(18)20-7-12-36(13-8-20)11-3-9-30)34-28-26-21(6-10-32-29(26)37)16-25(35-28)22-14-19(2)27(31)33-17-22/h4-6,10,14-17,20H,3,7-8,11-13H2,1-2H3,(H2,31,33)(H,32,37)(H,34,35). The monoisotopic (exact) mass is 493 g/mol. The number of pyridine rings is 3. The van der Waals surface area contributed by atoms with Crippen LogP contribution in [0.25, 0.3) is 22.0 Å². The van der Waals surface area contributed by atoms with Crippen molar-refractivity contribution in [3.8, 4) is 17.3 Å². The van der Waals surface area contributed by atoms with Crippen LogP contribution in [0.5, 0.6) is 0 Å². The number of aromatic nitrogens is 3. The number of nitrogen functional groups attached to an aromatic ring is 1. The van der Waals surface area contributed by atoms with Crippen molar-refractivity contribution in [1.29, 1.82) is 5.26 Å². The molecule has 8 heteroatoms. The summed E-state index contributed by atoms with van der Waals surface area (Å²) in [6.45, 7) is 6.96. The van der Waals surface area contributed by atoms with Gasteiger partial charge in [0.05, 0.1) is 17.1 Å². The number of rotatable bonds is 6. The molecule has 0 atom stereocenters. The molecule has 0 amide bonds. The van der Waals surface area contributed by atoms with E-state index in [-0.39, 0.29) is 5.56 Å². The van der Waals surface area contributed by atoms with Crippen molar-refractivity contribution in [3.05, 3.63) is 75.8 Å². The number of aryl methyl sites for hydroxylation is 2. The van der Waals surface area contributed by atoms with Crippen LogP contribution in [-0.4, -0.2) is 39.5 Å². The quantitative estimate of drug-likeness (QED) is 0.344. The van der Waals surface area contributed by atoms with E-state index in [4.69, 9.17) is 16.0 Å². The topological polar surface area (TPSA) is 124 Å². The number of nitrogens with two attached hydrogens (primary N) is 1. The fourth-order valence-corrected chi connectivity index (χ4v) is 5.20. The lowest BCUT2D eigenvalue weighted by Gasteiger charge is -2.32. The summed E-state index contributed by atoms with van der Waals surface area (Å²) in [5.41, 5.74) is 11.6. The van der Waals surface area contributed by atoms with Crippen LogP contribution >= 0.6 is 0 Å². The van der Waals surface area contributed by atoms with E-state index in [9.17, 15) is 4.79 Å². The number of nitrogens with one attached hydrogen (secondary N) is 2. The summed E-state index contributed by atoms with van der Waals surface area (Å²) in [6, 6.07) is 14.4. The van der Waals surface area contributed by atoms with Crippen LogP contribution in [0.2, 0.25) is 0 Å². The molecule has 0 bridgehead atoms. The van der Waals surface area contributed by atoms with Crippen molar-refractivity contribution in [2.24, 2.45) is 0 Å². The summed E-state index contributed by atoms with van der Waals surface area (Å²) < 4.78 is 0. The second-order valence-electron chi connectivity index (χ2n) is 9.77. The van der Waals surface area contributed by atoms with E-state index in [1.807, 2.05) is 25.1 Å². The number of H-pyrrole nitrogens is 1. The second kappa shape index (κ2) is 10.4. The molecule has 0 aliphatic carbocycles. The number of aromatic amines is 1. The number of fused-ring (bicyclic) bond motifs is 1. The lowest BCUT2D eigenvalue weighted by molar-refractivity contribution is 0.216. The Labute approximate surface area is 216 Å². The van der Waals surface area contributed by atoms with Gasteiger partial charge in [-0.05, 0) is 98.1 Å². The Hall–Kier alpha value is -4.22. The molecule has 0 spiro atoms. The Morgan fingerprint density at radius 2 is 1.97 bits per heavy atom. The Kier molecular flexibility index (Phi) is 6.89. The van der Waals surface area contributed by atoms with Gasteiger partial charge in [-0.25, -0.2) is 9.97 Å². The number of anilines is 3. The Balaban J connectivity index is 1.44. The molecule has 1 fully saturated rings. The maximum atomic E-state index is 12.8. The van der Waals surface area contributed by atoms with E-state index in [1.54, 1.807) is 12.4 Å². The zero-order valence-electron chi connectivity index (χ0n) is 21.2. The summed E-state index contributed by atoms with van der Waals surface area (Å²) >= 11 is 0. The molecule has 1 saturated heterocycles. The number of likely N-dealkylation sites (tertiary alicyclic amines) is 1. The highest BCUT2D eigenvalue weighted by atomic mass is 16.1. The molecule has 188 valence electrons. The van der Waals surface area contributed by atoms with Crippen LogP contribution in [0, 0.1) is 25.2 Å². The first-order valence-corrected chi connectivity index (χ1v) is 12.6. The number of hydrogen-bond acceptors (Lipinski definition) is 7. The largest absolute Gasteiger partial charge is 0.383 e. The van der Waals surface area contributed by atoms with Crippen LogP contribution in [-0.2, 0) is 0 Å². The fourth-order valence-electron chi connectivity index (χ4n) is 5.20. The summed E-state index contributed by atoms with van der Waals surface area (Å²) in [7, 11) is 0. The molecule has 4 N–H and O–H groups in total. The molecule has 37 heavy (non-hydrogen) atoms. The predicted octanol–water partition coefficient (Wildman–Crippen LogP) is 5.02. The van der Waals surface area contributed by atoms with Gasteiger partial charge in [0.1, 0.15) is 11.6 Å². The zero-order valence-corrected chi connectivity index (χ0v) is 21.2. The van der Waals surface area contributed by atoms with Crippen LogP contribution in [0.4, 0.5) is 17.3 Å². The van der Waals surface area contributed by atoms with Gasteiger partial charge in [-0.2, -0.15) is 5.26 Å². The van der Waals surface area contributed by atoms with Gasteiger partial charge in [-0.3, -0.25) is 4.79 Å². The van der Waals surface area contributed by atoms with Crippen molar-refractivity contribution in [3.63, 3.8) is 0 Å². The Bertz CT molecular complexity index is 1540. The molecule has 1 aromatic carbocycles. The molecule has 1 aliphatic rings. The minimum absolute atomic E-state index is 0.192. The number of nitrogens with zero attached hydrogens (tertiary/aromatic N) is 4. The average Bonchev–Trinajstić information content (AvgIpc) is 2.89. The van der Waals surface area contributed by atoms with Gasteiger partial charge in [0.2, 0.25) is 0 Å². The highest BCUT2D eigenvalue weighted by molar-refractivity contribution is 5.95. The highest BCUT2D eigenvalue weighted by Gasteiger charge is 2.22. The molecular weight excluding hydrogens is 462 g/mol. The first-order valence-electron chi connectivity index (χ1n) is 12.6. The van der Waals surface area contributed by atoms with Crippen molar-refractivity contribution in [1.82, 2.24) is 19.9 Å². The minimum Gasteiger partial charge on any atom is -0.383 e. The van der Waals surface area contributed by atoms with Gasteiger partial charge >= 0.3 is 0 Å². The van der Waals surface area contributed by atoms with Gasteiger partial charge < -0.3 is 20.9 Å². The molecule has 3 aromatic heterocycles. The van der Waals surface area contributed by atoms with Crippen molar-refractivity contribution >= 4 is 28.1 Å². The highest BCUT2D eigenvalue weighted by Crippen LogP contribution is 2.33. The summed E-state index contributed by atoms with van der Waals surface area (Å²) in [4.78, 5) is 27.0. The zero-order chi connectivity index (χ0) is 25.9. The molecule has 0 radical (unpaired) electrons. The van der Waals surface area contributed by atoms with E-state index < -0.39 is 0 Å². The van der Waals surface area contributed by atoms with E-state index >= 15 is 0 Å². The van der Waals surface area contributed by atoms with E-state index in [1.165, 1.54) is 11.1 Å². The smallest absolute Gasteiger partial charge is 0.259 e. The van der Waals surface area contributed by atoms with Crippen molar-refractivity contribution in [2.75, 3.05) is 30.7 Å². The molecule has 4 aromatic rings. The van der Waals surface area contributed by atoms with Gasteiger partial charge in [0, 0.05) is 36.6 Å². The maximum absolute atomic E-state index is 12.8. The number of hydrogen-bond donors (Lipinski definition) is 3. The SMILES string of the molecule is Cc1cc(Nc2nc(-c3cnc(N)c(C)c3)cc3cc[nH]c(=O)c23)ccc1C1CCN(CCC#N)CC1. The molecule has 5 rings (SSSR count). The van der Waals surface area contributed by atoms with Crippen LogP contribution in [0.15, 0.2) is 53.6 Å². The van der Waals surface area contributed by atoms with Gasteiger partial charge in [-0.15, -0.1) is 0 Å². The predicted molar refractivity (Wildman–Crippen MR) is 148 cm³/mol. The third kappa shape index (κ3) is 5.18. The van der Waals surface area contributed by atoms with Crippen molar-refractivity contribution in [2.45, 2.75) is 39.0 Å². The molecule has 8 nitrogen and oxygen atoms in total. The number of benzene rings is 1. The third-order valence-corrected chi connectivity index (χ3v) is 7.27. The number of nitriles is 1. The second-order valence-corrected chi connectivity index (χ2v) is 9.77. The van der Waals surface area contributed by atoms with Crippen molar-refractivity contribution < 1.29 is 0 Å². The maximum Gasteiger partial charge on any atom is 0.259 e. The summed E-state index contributed by atoms with van der Waals surface area (Å²) in [6.07, 6.45) is 6.13. The van der Waals surface area contributed by atoms with Crippen LogP contribution < -0.4 is 16.6 Å². The van der Waals surface area contributed by atoms with Gasteiger partial charge in [0.25, 0.3) is 5.56 Å². The normalized spacial score (nSPS) is 14.5. The van der Waals surface area contributed by atoms with Gasteiger partial charge in [-0.1, -0.05) is 6.07 Å². The third-order valence-electron chi connectivity index (χ3n) is 7.27. The molecule has 4 heterocycles. The first kappa shape index (κ1) is 24.5. The summed E-state index contributed by atoms with van der Waals surface area (Å²) in [5.74, 6) is 1.50. The van der Waals surface area contributed by atoms with Gasteiger partial charge in [0.15, 0.2) is 0 Å². The van der Waals surface area contributed by atoms with Crippen LogP contribution in [0.1, 0.15) is 41.9 Å². The van der Waals surface area contributed by atoms with E-state index in [0.717, 1.165) is 54.7 Å². The minimum atomic E-state index is -0.192. The molecule has 0 unspecified atom stereocenters. The Morgan fingerprint density at radius 1 is 1.16 bits per heavy atom.